The molecule has 0 saturated carbocycles. The van der Waals surface area contributed by atoms with Gasteiger partial charge < -0.3 is 21.2 Å². The van der Waals surface area contributed by atoms with Gasteiger partial charge in [-0.3, -0.25) is 14.4 Å². The molecule has 0 fully saturated rings. The second kappa shape index (κ2) is 10.1. The predicted octanol–water partition coefficient (Wildman–Crippen LogP) is 0.781. The van der Waals surface area contributed by atoms with Crippen molar-refractivity contribution in [1.29, 1.82) is 0 Å². The molecule has 7 heteroatoms. The molecule has 0 saturated heterocycles. The summed E-state index contributed by atoms with van der Waals surface area (Å²) in [6.07, 6.45) is 1.69. The Morgan fingerprint density at radius 1 is 0.917 bits per heavy atom. The van der Waals surface area contributed by atoms with E-state index in [4.69, 9.17) is 5.73 Å². The number of amides is 3. The highest BCUT2D eigenvalue weighted by Crippen LogP contribution is 2.06. The molecule has 4 N–H and O–H groups in total. The van der Waals surface area contributed by atoms with E-state index in [1.807, 2.05) is 0 Å². The molecule has 1 rings (SSSR count). The number of primary amides is 1. The van der Waals surface area contributed by atoms with E-state index in [-0.39, 0.29) is 24.0 Å². The van der Waals surface area contributed by atoms with E-state index in [1.165, 1.54) is 13.0 Å². The van der Waals surface area contributed by atoms with Crippen molar-refractivity contribution in [2.45, 2.75) is 32.6 Å². The molecular formula is C17H23N3O4. The van der Waals surface area contributed by atoms with E-state index in [2.05, 4.69) is 10.6 Å². The number of nitrogens with one attached hydrogen (secondary N) is 2. The molecule has 0 aliphatic rings. The van der Waals surface area contributed by atoms with Crippen molar-refractivity contribution in [3.63, 3.8) is 0 Å². The van der Waals surface area contributed by atoms with Crippen LogP contribution in [0.3, 0.4) is 0 Å². The number of carbonyl (C=O) groups excluding carboxylic acids is 4. The first-order chi connectivity index (χ1) is 11.4. The quantitative estimate of drug-likeness (QED) is 0.548. The van der Waals surface area contributed by atoms with Gasteiger partial charge in [-0.15, -0.1) is 0 Å². The second-order valence-electron chi connectivity index (χ2n) is 5.47. The number of nitrogens with two attached hydrogens (primary N) is 1. The third kappa shape index (κ3) is 7.53. The molecule has 1 aromatic carbocycles. The zero-order valence-corrected chi connectivity index (χ0v) is 13.8. The Balaban J connectivity index is 2.49. The van der Waals surface area contributed by atoms with Crippen LogP contribution in [0, 0.1) is 0 Å². The van der Waals surface area contributed by atoms with Gasteiger partial charge in [0.1, 0.15) is 5.78 Å². The van der Waals surface area contributed by atoms with Gasteiger partial charge in [-0.25, -0.2) is 0 Å². The first kappa shape index (κ1) is 19.3. The molecule has 1 aromatic rings. The average molecular weight is 333 g/mol. The van der Waals surface area contributed by atoms with Gasteiger partial charge in [0, 0.05) is 37.1 Å². The molecule has 3 amide bonds. The second-order valence-corrected chi connectivity index (χ2v) is 5.47. The zero-order valence-electron chi connectivity index (χ0n) is 13.8. The molecule has 0 spiro atoms. The lowest BCUT2D eigenvalue weighted by molar-refractivity contribution is -0.118. The molecule has 0 aromatic heterocycles. The minimum absolute atomic E-state index is 0.0826. The summed E-state index contributed by atoms with van der Waals surface area (Å²) >= 11 is 0. The van der Waals surface area contributed by atoms with Gasteiger partial charge in [0.2, 0.25) is 5.91 Å². The fourth-order valence-corrected chi connectivity index (χ4v) is 2.01. The summed E-state index contributed by atoms with van der Waals surface area (Å²) in [5.74, 6) is -0.931. The highest BCUT2D eigenvalue weighted by molar-refractivity contribution is 5.99. The number of hydrogen-bond acceptors (Lipinski definition) is 4. The highest BCUT2D eigenvalue weighted by atomic mass is 16.2. The van der Waals surface area contributed by atoms with Crippen LogP contribution in [-0.4, -0.2) is 36.6 Å². The monoisotopic (exact) mass is 333 g/mol. The Morgan fingerprint density at radius 3 is 1.88 bits per heavy atom. The van der Waals surface area contributed by atoms with Crippen molar-refractivity contribution >= 4 is 23.5 Å². The van der Waals surface area contributed by atoms with Crippen molar-refractivity contribution < 1.29 is 19.2 Å². The highest BCUT2D eigenvalue weighted by Gasteiger charge is 2.10. The van der Waals surface area contributed by atoms with E-state index in [0.717, 1.165) is 0 Å². The van der Waals surface area contributed by atoms with Gasteiger partial charge in [0.25, 0.3) is 11.8 Å². The minimum Gasteiger partial charge on any atom is -0.370 e. The topological polar surface area (TPSA) is 118 Å². The van der Waals surface area contributed by atoms with E-state index in [1.54, 1.807) is 18.2 Å². The van der Waals surface area contributed by atoms with E-state index >= 15 is 0 Å². The molecule has 0 aliphatic carbocycles. The first-order valence-electron chi connectivity index (χ1n) is 7.84. The number of ketones is 1. The van der Waals surface area contributed by atoms with Crippen LogP contribution in [0.25, 0.3) is 0 Å². The molecule has 0 bridgehead atoms. The summed E-state index contributed by atoms with van der Waals surface area (Å²) in [5.41, 5.74) is 5.77. The molecule has 24 heavy (non-hydrogen) atoms. The standard InChI is InChI=1S/C17H23N3O4/c1-12(21)5-3-9-19-16(23)13-6-2-7-14(11-13)17(24)20-10-4-8-15(18)22/h2,6-7,11H,3-5,8-10H2,1H3,(H2,18,22)(H,19,23)(H,20,24). The van der Waals surface area contributed by atoms with Gasteiger partial charge >= 0.3 is 0 Å². The maximum absolute atomic E-state index is 12.0. The van der Waals surface area contributed by atoms with E-state index in [0.29, 0.717) is 43.5 Å². The smallest absolute Gasteiger partial charge is 0.251 e. The Hall–Kier alpha value is -2.70. The Morgan fingerprint density at radius 2 is 1.42 bits per heavy atom. The molecule has 0 aliphatic heterocycles. The largest absolute Gasteiger partial charge is 0.370 e. The van der Waals surface area contributed by atoms with Gasteiger partial charge in [0.15, 0.2) is 0 Å². The van der Waals surface area contributed by atoms with Crippen LogP contribution >= 0.6 is 0 Å². The minimum atomic E-state index is -0.410. The Kier molecular flexibility index (Phi) is 8.18. The molecule has 0 atom stereocenters. The molecule has 130 valence electrons. The molecule has 7 nitrogen and oxygen atoms in total. The lowest BCUT2D eigenvalue weighted by Gasteiger charge is -2.07. The molecular weight excluding hydrogens is 310 g/mol. The van der Waals surface area contributed by atoms with Crippen LogP contribution in [0.5, 0.6) is 0 Å². The van der Waals surface area contributed by atoms with E-state index in [9.17, 15) is 19.2 Å². The summed E-state index contributed by atoms with van der Waals surface area (Å²) in [6, 6.07) is 6.35. The van der Waals surface area contributed by atoms with Gasteiger partial charge in [-0.05, 0) is 38.0 Å². The number of hydrogen-bond donors (Lipinski definition) is 3. The zero-order chi connectivity index (χ0) is 17.9. The number of rotatable bonds is 10. The van der Waals surface area contributed by atoms with Crippen LogP contribution < -0.4 is 16.4 Å². The van der Waals surface area contributed by atoms with Crippen LogP contribution in [0.1, 0.15) is 53.3 Å². The van der Waals surface area contributed by atoms with Crippen LogP contribution in [0.2, 0.25) is 0 Å². The number of benzene rings is 1. The van der Waals surface area contributed by atoms with Crippen LogP contribution in [0.4, 0.5) is 0 Å². The van der Waals surface area contributed by atoms with Crippen molar-refractivity contribution in [2.24, 2.45) is 5.73 Å². The summed E-state index contributed by atoms with van der Waals surface area (Å²) in [5, 5.41) is 5.38. The summed E-state index contributed by atoms with van der Waals surface area (Å²) in [4.78, 5) is 45.5. The van der Waals surface area contributed by atoms with Crippen molar-refractivity contribution in [2.75, 3.05) is 13.1 Å². The Bertz CT molecular complexity index is 564. The fraction of sp³-hybridized carbons (Fsp3) is 0.412. The van der Waals surface area contributed by atoms with Gasteiger partial charge in [-0.1, -0.05) is 6.07 Å². The first-order valence-corrected chi connectivity index (χ1v) is 7.84. The van der Waals surface area contributed by atoms with Crippen LogP contribution in [-0.2, 0) is 9.59 Å². The predicted molar refractivity (Wildman–Crippen MR) is 89.5 cm³/mol. The number of carbonyl (C=O) groups is 4. The summed E-state index contributed by atoms with van der Waals surface area (Å²) in [7, 11) is 0. The van der Waals surface area contributed by atoms with Gasteiger partial charge in [0.05, 0.1) is 0 Å². The lowest BCUT2D eigenvalue weighted by atomic mass is 10.1. The third-order valence-electron chi connectivity index (χ3n) is 3.26. The van der Waals surface area contributed by atoms with Crippen molar-refractivity contribution in [3.05, 3.63) is 35.4 Å². The molecule has 0 unspecified atom stereocenters. The van der Waals surface area contributed by atoms with Gasteiger partial charge in [-0.2, -0.15) is 0 Å². The van der Waals surface area contributed by atoms with Crippen LogP contribution in [0.15, 0.2) is 24.3 Å². The summed E-state index contributed by atoms with van der Waals surface area (Å²) < 4.78 is 0. The third-order valence-corrected chi connectivity index (χ3v) is 3.26. The van der Waals surface area contributed by atoms with E-state index < -0.39 is 5.91 Å². The molecule has 0 radical (unpaired) electrons. The number of Topliss-reactive ketones (excluding diaryl/α,β-unsaturated/α-hetero) is 1. The maximum atomic E-state index is 12.0. The normalized spacial score (nSPS) is 10.0. The fourth-order valence-electron chi connectivity index (χ4n) is 2.01. The van der Waals surface area contributed by atoms with Crippen molar-refractivity contribution in [3.8, 4) is 0 Å². The lowest BCUT2D eigenvalue weighted by Crippen LogP contribution is -2.27. The average Bonchev–Trinajstić information content (AvgIpc) is 2.55. The SMILES string of the molecule is CC(=O)CCCNC(=O)c1cccc(C(=O)NCCCC(N)=O)c1. The summed E-state index contributed by atoms with van der Waals surface area (Å²) in [6.45, 7) is 2.25. The Labute approximate surface area is 141 Å². The maximum Gasteiger partial charge on any atom is 0.251 e. The van der Waals surface area contributed by atoms with Crippen molar-refractivity contribution in [1.82, 2.24) is 10.6 Å². The molecule has 0 heterocycles.